The first kappa shape index (κ1) is 12.5. The van der Waals surface area contributed by atoms with Gasteiger partial charge in [-0.25, -0.2) is 4.98 Å². The predicted octanol–water partition coefficient (Wildman–Crippen LogP) is 1.85. The van der Waals surface area contributed by atoms with Crippen molar-refractivity contribution in [3.05, 3.63) is 9.98 Å². The highest BCUT2D eigenvalue weighted by Crippen LogP contribution is 2.26. The maximum atomic E-state index is 11.9. The molecule has 0 saturated carbocycles. The fourth-order valence-corrected chi connectivity index (χ4v) is 2.88. The smallest absolute Gasteiger partial charge is 0.252 e. The fourth-order valence-electron chi connectivity index (χ4n) is 1.72. The highest BCUT2D eigenvalue weighted by atomic mass is 79.9. The van der Waals surface area contributed by atoms with Gasteiger partial charge in [-0.15, -0.1) is 0 Å². The largest absolute Gasteiger partial charge is 0.349 e. The molecule has 1 aromatic heterocycles. The average Bonchev–Trinajstić information content (AvgIpc) is 2.79. The number of rotatable bonds is 4. The van der Waals surface area contributed by atoms with Gasteiger partial charge < -0.3 is 5.32 Å². The number of hydrogen-bond acceptors (Lipinski definition) is 5. The zero-order valence-electron chi connectivity index (χ0n) is 9.27. The molecule has 2 heterocycles. The molecule has 1 atom stereocenters. The van der Waals surface area contributed by atoms with E-state index < -0.39 is 6.04 Å². The van der Waals surface area contributed by atoms with Crippen molar-refractivity contribution >= 4 is 44.2 Å². The third kappa shape index (κ3) is 2.66. The minimum absolute atomic E-state index is 0.107. The monoisotopic (exact) mass is 317 g/mol. The molecule has 17 heavy (non-hydrogen) atoms. The Morgan fingerprint density at radius 3 is 3.00 bits per heavy atom. The van der Waals surface area contributed by atoms with Crippen molar-refractivity contribution < 1.29 is 9.59 Å². The molecule has 0 spiro atoms. The van der Waals surface area contributed by atoms with E-state index in [2.05, 4.69) is 26.2 Å². The molecule has 1 N–H and O–H groups in total. The van der Waals surface area contributed by atoms with Crippen molar-refractivity contribution in [2.45, 2.75) is 25.8 Å². The molecule has 2 rings (SSSR count). The molecule has 1 aromatic rings. The van der Waals surface area contributed by atoms with Crippen LogP contribution in [0.3, 0.4) is 0 Å². The first-order valence-electron chi connectivity index (χ1n) is 5.34. The normalized spacial score (nSPS) is 20.1. The standard InChI is InChI=1S/C10H12BrN3O2S/c1-2-3-14-8(15)4-6(9(14)16)13-10-12-5-7(11)17-10/h5-6H,2-4H2,1H3,(H,12,13). The van der Waals surface area contributed by atoms with E-state index in [1.54, 1.807) is 6.20 Å². The van der Waals surface area contributed by atoms with Crippen LogP contribution in [-0.2, 0) is 9.59 Å². The lowest BCUT2D eigenvalue weighted by Gasteiger charge is -2.13. The van der Waals surface area contributed by atoms with E-state index in [0.717, 1.165) is 10.2 Å². The summed E-state index contributed by atoms with van der Waals surface area (Å²) in [6.45, 7) is 2.44. The lowest BCUT2D eigenvalue weighted by Crippen LogP contribution is -2.35. The Labute approximate surface area is 111 Å². The highest BCUT2D eigenvalue weighted by molar-refractivity contribution is 9.11. The molecular formula is C10H12BrN3O2S. The third-order valence-corrected chi connectivity index (χ3v) is 3.87. The number of thiazole rings is 1. The Kier molecular flexibility index (Phi) is 3.78. The van der Waals surface area contributed by atoms with Gasteiger partial charge >= 0.3 is 0 Å². The summed E-state index contributed by atoms with van der Waals surface area (Å²) in [7, 11) is 0. The van der Waals surface area contributed by atoms with E-state index in [9.17, 15) is 9.59 Å². The van der Waals surface area contributed by atoms with Gasteiger partial charge in [-0.2, -0.15) is 0 Å². The van der Waals surface area contributed by atoms with Crippen LogP contribution in [0.1, 0.15) is 19.8 Å². The van der Waals surface area contributed by atoms with Crippen molar-refractivity contribution in [2.24, 2.45) is 0 Å². The van der Waals surface area contributed by atoms with E-state index in [1.807, 2.05) is 6.92 Å². The van der Waals surface area contributed by atoms with Gasteiger partial charge in [0.15, 0.2) is 5.13 Å². The van der Waals surface area contributed by atoms with Crippen LogP contribution >= 0.6 is 27.3 Å². The van der Waals surface area contributed by atoms with E-state index in [1.165, 1.54) is 16.2 Å². The molecule has 0 bridgehead atoms. The first-order chi connectivity index (χ1) is 8.11. The van der Waals surface area contributed by atoms with Gasteiger partial charge in [0.05, 0.1) is 16.4 Å². The number of halogens is 1. The average molecular weight is 318 g/mol. The summed E-state index contributed by atoms with van der Waals surface area (Å²) >= 11 is 4.70. The quantitative estimate of drug-likeness (QED) is 0.861. The van der Waals surface area contributed by atoms with Crippen LogP contribution in [0.25, 0.3) is 0 Å². The lowest BCUT2D eigenvalue weighted by molar-refractivity contribution is -0.138. The van der Waals surface area contributed by atoms with Crippen LogP contribution in [0.2, 0.25) is 0 Å². The molecule has 1 saturated heterocycles. The van der Waals surface area contributed by atoms with Crippen LogP contribution in [0.15, 0.2) is 9.98 Å². The zero-order valence-corrected chi connectivity index (χ0v) is 11.7. The molecule has 0 radical (unpaired) electrons. The summed E-state index contributed by atoms with van der Waals surface area (Å²) in [5.41, 5.74) is 0. The number of carbonyl (C=O) groups is 2. The number of likely N-dealkylation sites (tertiary alicyclic amines) is 1. The Balaban J connectivity index is 2.04. The summed E-state index contributed by atoms with van der Waals surface area (Å²) in [6.07, 6.45) is 2.67. The number of nitrogens with one attached hydrogen (secondary N) is 1. The zero-order chi connectivity index (χ0) is 12.4. The lowest BCUT2D eigenvalue weighted by atomic mass is 10.2. The van der Waals surface area contributed by atoms with E-state index in [4.69, 9.17) is 0 Å². The molecule has 1 aliphatic rings. The molecule has 1 unspecified atom stereocenters. The van der Waals surface area contributed by atoms with Gasteiger partial charge in [-0.05, 0) is 22.4 Å². The van der Waals surface area contributed by atoms with Crippen molar-refractivity contribution in [2.75, 3.05) is 11.9 Å². The first-order valence-corrected chi connectivity index (χ1v) is 6.95. The van der Waals surface area contributed by atoms with Crippen LogP contribution in [0, 0.1) is 0 Å². The van der Waals surface area contributed by atoms with Gasteiger partial charge in [0.25, 0.3) is 5.91 Å². The summed E-state index contributed by atoms with van der Waals surface area (Å²) < 4.78 is 0.891. The molecule has 7 heteroatoms. The number of carbonyl (C=O) groups excluding carboxylic acids is 2. The molecule has 5 nitrogen and oxygen atoms in total. The summed E-state index contributed by atoms with van der Waals surface area (Å²) in [5, 5.41) is 3.65. The van der Waals surface area contributed by atoms with Gasteiger partial charge in [0, 0.05) is 6.54 Å². The van der Waals surface area contributed by atoms with Crippen LogP contribution in [0.4, 0.5) is 5.13 Å². The minimum atomic E-state index is -0.466. The maximum Gasteiger partial charge on any atom is 0.252 e. The number of aromatic nitrogens is 1. The summed E-state index contributed by atoms with van der Waals surface area (Å²) in [6, 6.07) is -0.466. The van der Waals surface area contributed by atoms with Crippen molar-refractivity contribution in [3.63, 3.8) is 0 Å². The second-order valence-corrected chi connectivity index (χ2v) is 6.16. The Morgan fingerprint density at radius 2 is 2.41 bits per heavy atom. The Hall–Kier alpha value is -0.950. The van der Waals surface area contributed by atoms with E-state index in [-0.39, 0.29) is 18.2 Å². The van der Waals surface area contributed by atoms with Crippen LogP contribution in [-0.4, -0.2) is 34.3 Å². The fraction of sp³-hybridized carbons (Fsp3) is 0.500. The predicted molar refractivity (Wildman–Crippen MR) is 68.9 cm³/mol. The van der Waals surface area contributed by atoms with Crippen molar-refractivity contribution in [1.82, 2.24) is 9.88 Å². The second-order valence-electron chi connectivity index (χ2n) is 3.75. The van der Waals surface area contributed by atoms with Crippen molar-refractivity contribution in [3.8, 4) is 0 Å². The van der Waals surface area contributed by atoms with Gasteiger partial charge in [-0.1, -0.05) is 18.3 Å². The number of amides is 2. The van der Waals surface area contributed by atoms with E-state index in [0.29, 0.717) is 11.7 Å². The molecule has 0 aromatic carbocycles. The Morgan fingerprint density at radius 1 is 1.65 bits per heavy atom. The van der Waals surface area contributed by atoms with Gasteiger partial charge in [0.1, 0.15) is 6.04 Å². The summed E-state index contributed by atoms with van der Waals surface area (Å²) in [5.74, 6) is -0.256. The molecule has 1 fully saturated rings. The number of nitrogens with zero attached hydrogens (tertiary/aromatic N) is 2. The van der Waals surface area contributed by atoms with Gasteiger partial charge in [-0.3, -0.25) is 14.5 Å². The van der Waals surface area contributed by atoms with Gasteiger partial charge in [0.2, 0.25) is 5.91 Å². The van der Waals surface area contributed by atoms with Crippen LogP contribution < -0.4 is 5.32 Å². The molecule has 0 aliphatic carbocycles. The molecule has 92 valence electrons. The third-order valence-electron chi connectivity index (χ3n) is 2.47. The number of imide groups is 1. The second kappa shape index (κ2) is 5.14. The maximum absolute atomic E-state index is 11.9. The summed E-state index contributed by atoms with van der Waals surface area (Å²) in [4.78, 5) is 29.0. The molecule has 2 amide bonds. The minimum Gasteiger partial charge on any atom is -0.349 e. The molecule has 1 aliphatic heterocycles. The number of hydrogen-bond donors (Lipinski definition) is 1. The van der Waals surface area contributed by atoms with Crippen LogP contribution in [0.5, 0.6) is 0 Å². The Bertz CT molecular complexity index is 449. The topological polar surface area (TPSA) is 62.3 Å². The molecular weight excluding hydrogens is 306 g/mol. The van der Waals surface area contributed by atoms with E-state index >= 15 is 0 Å². The SMILES string of the molecule is CCCN1C(=O)CC(Nc2ncc(Br)s2)C1=O. The number of anilines is 1. The highest BCUT2D eigenvalue weighted by Gasteiger charge is 2.38. The van der Waals surface area contributed by atoms with Crippen molar-refractivity contribution in [1.29, 1.82) is 0 Å².